The zero-order chi connectivity index (χ0) is 15.4. The number of thiocarbonyl (C=S) groups is 1. The van der Waals surface area contributed by atoms with Gasteiger partial charge >= 0.3 is 0 Å². The number of hydrogen-bond donors (Lipinski definition) is 2. The maximum atomic E-state index is 5.38. The topological polar surface area (TPSA) is 46.2 Å². The van der Waals surface area contributed by atoms with Crippen LogP contribution in [0.3, 0.4) is 0 Å². The molecule has 0 aliphatic heterocycles. The lowest BCUT2D eigenvalue weighted by Gasteiger charge is -2.13. The van der Waals surface area contributed by atoms with Gasteiger partial charge in [-0.1, -0.05) is 18.2 Å². The van der Waals surface area contributed by atoms with E-state index in [0.717, 1.165) is 27.9 Å². The van der Waals surface area contributed by atoms with Crippen molar-refractivity contribution in [1.29, 1.82) is 0 Å². The summed E-state index contributed by atoms with van der Waals surface area (Å²) in [7, 11) is 1.64. The number of hydrogen-bond acceptors (Lipinski definition) is 3. The third-order valence-electron chi connectivity index (χ3n) is 3.26. The molecule has 22 heavy (non-hydrogen) atoms. The molecule has 3 rings (SSSR count). The molecule has 0 spiro atoms. The van der Waals surface area contributed by atoms with Crippen molar-refractivity contribution in [2.24, 2.45) is 0 Å². The first kappa shape index (κ1) is 14.3. The number of fused-ring (bicyclic) bond motifs is 1. The van der Waals surface area contributed by atoms with Gasteiger partial charge in [-0.2, -0.15) is 0 Å². The Morgan fingerprint density at radius 1 is 1.09 bits per heavy atom. The van der Waals surface area contributed by atoms with Crippen LogP contribution >= 0.6 is 12.2 Å². The SMILES string of the molecule is COc1cccc(NC(=S)Nc2cccc3cnccc23)c1. The van der Waals surface area contributed by atoms with Crippen molar-refractivity contribution in [1.82, 2.24) is 4.98 Å². The maximum absolute atomic E-state index is 5.38. The van der Waals surface area contributed by atoms with Crippen LogP contribution in [0.25, 0.3) is 10.8 Å². The number of anilines is 2. The van der Waals surface area contributed by atoms with E-state index >= 15 is 0 Å². The average Bonchev–Trinajstić information content (AvgIpc) is 2.55. The third-order valence-corrected chi connectivity index (χ3v) is 3.46. The van der Waals surface area contributed by atoms with Crippen molar-refractivity contribution in [3.05, 3.63) is 60.9 Å². The second-order valence-corrected chi connectivity index (χ2v) is 5.12. The molecular weight excluding hydrogens is 294 g/mol. The fourth-order valence-corrected chi connectivity index (χ4v) is 2.44. The van der Waals surface area contributed by atoms with Crippen LogP contribution in [0.1, 0.15) is 0 Å². The van der Waals surface area contributed by atoms with Gasteiger partial charge in [0, 0.05) is 40.6 Å². The zero-order valence-corrected chi connectivity index (χ0v) is 12.9. The molecule has 0 aliphatic rings. The highest BCUT2D eigenvalue weighted by Crippen LogP contribution is 2.23. The van der Waals surface area contributed by atoms with Crippen LogP contribution in [0.15, 0.2) is 60.9 Å². The monoisotopic (exact) mass is 309 g/mol. The molecule has 0 unspecified atom stereocenters. The summed E-state index contributed by atoms with van der Waals surface area (Å²) in [5.41, 5.74) is 1.82. The van der Waals surface area contributed by atoms with Crippen molar-refractivity contribution >= 4 is 39.5 Å². The number of pyridine rings is 1. The first-order valence-electron chi connectivity index (χ1n) is 6.81. The molecule has 0 radical (unpaired) electrons. The first-order valence-corrected chi connectivity index (χ1v) is 7.22. The van der Waals surface area contributed by atoms with E-state index in [1.807, 2.05) is 54.7 Å². The van der Waals surface area contributed by atoms with Gasteiger partial charge in [0.1, 0.15) is 5.75 Å². The normalized spacial score (nSPS) is 10.2. The van der Waals surface area contributed by atoms with E-state index in [-0.39, 0.29) is 0 Å². The lowest BCUT2D eigenvalue weighted by atomic mass is 10.1. The highest BCUT2D eigenvalue weighted by molar-refractivity contribution is 7.80. The van der Waals surface area contributed by atoms with E-state index in [9.17, 15) is 0 Å². The minimum atomic E-state index is 0.526. The number of rotatable bonds is 3. The predicted octanol–water partition coefficient (Wildman–Crippen LogP) is 4.05. The van der Waals surface area contributed by atoms with Crippen LogP contribution in [-0.4, -0.2) is 17.2 Å². The van der Waals surface area contributed by atoms with Gasteiger partial charge in [-0.05, 0) is 36.5 Å². The molecule has 3 aromatic rings. The Kier molecular flexibility index (Phi) is 4.16. The Morgan fingerprint density at radius 2 is 1.95 bits per heavy atom. The number of methoxy groups -OCH3 is 1. The summed E-state index contributed by atoms with van der Waals surface area (Å²) in [6.45, 7) is 0. The van der Waals surface area contributed by atoms with Crippen molar-refractivity contribution in [2.45, 2.75) is 0 Å². The van der Waals surface area contributed by atoms with Gasteiger partial charge < -0.3 is 15.4 Å². The van der Waals surface area contributed by atoms with Crippen LogP contribution in [0.5, 0.6) is 5.75 Å². The van der Waals surface area contributed by atoms with Gasteiger partial charge in [-0.3, -0.25) is 4.98 Å². The van der Waals surface area contributed by atoms with E-state index in [2.05, 4.69) is 15.6 Å². The molecule has 4 nitrogen and oxygen atoms in total. The summed E-state index contributed by atoms with van der Waals surface area (Å²) in [5, 5.41) is 9.05. The lowest BCUT2D eigenvalue weighted by molar-refractivity contribution is 0.415. The highest BCUT2D eigenvalue weighted by Gasteiger charge is 2.04. The average molecular weight is 309 g/mol. The first-order chi connectivity index (χ1) is 10.8. The van der Waals surface area contributed by atoms with Crippen LogP contribution in [0.2, 0.25) is 0 Å². The number of benzene rings is 2. The summed E-state index contributed by atoms with van der Waals surface area (Å²) >= 11 is 5.38. The summed E-state index contributed by atoms with van der Waals surface area (Å²) in [4.78, 5) is 4.13. The smallest absolute Gasteiger partial charge is 0.175 e. The maximum Gasteiger partial charge on any atom is 0.175 e. The molecule has 0 aliphatic carbocycles. The third kappa shape index (κ3) is 3.15. The molecule has 0 amide bonds. The number of nitrogens with one attached hydrogen (secondary N) is 2. The van der Waals surface area contributed by atoms with Gasteiger partial charge in [-0.25, -0.2) is 0 Å². The Labute approximate surface area is 134 Å². The zero-order valence-electron chi connectivity index (χ0n) is 12.0. The van der Waals surface area contributed by atoms with Gasteiger partial charge in [0.05, 0.1) is 7.11 Å². The summed E-state index contributed by atoms with van der Waals surface area (Å²) in [5.74, 6) is 0.782. The predicted molar refractivity (Wildman–Crippen MR) is 94.6 cm³/mol. The van der Waals surface area contributed by atoms with Crippen LogP contribution < -0.4 is 15.4 Å². The van der Waals surface area contributed by atoms with E-state index < -0.39 is 0 Å². The quantitative estimate of drug-likeness (QED) is 0.715. The molecule has 1 aromatic heterocycles. The van der Waals surface area contributed by atoms with E-state index in [0.29, 0.717) is 5.11 Å². The number of ether oxygens (including phenoxy) is 1. The van der Waals surface area contributed by atoms with Crippen LogP contribution in [-0.2, 0) is 0 Å². The Morgan fingerprint density at radius 3 is 2.82 bits per heavy atom. The molecule has 110 valence electrons. The Hall–Kier alpha value is -2.66. The second-order valence-electron chi connectivity index (χ2n) is 4.71. The van der Waals surface area contributed by atoms with Gasteiger partial charge in [-0.15, -0.1) is 0 Å². The fourth-order valence-electron chi connectivity index (χ4n) is 2.22. The number of aromatic nitrogens is 1. The van der Waals surface area contributed by atoms with Gasteiger partial charge in [0.15, 0.2) is 5.11 Å². The summed E-state index contributed by atoms with van der Waals surface area (Å²) in [6, 6.07) is 15.6. The van der Waals surface area contributed by atoms with Crippen LogP contribution in [0, 0.1) is 0 Å². The Bertz CT molecular complexity index is 814. The fraction of sp³-hybridized carbons (Fsp3) is 0.0588. The van der Waals surface area contributed by atoms with Crippen molar-refractivity contribution in [3.8, 4) is 5.75 Å². The molecule has 1 heterocycles. The summed E-state index contributed by atoms with van der Waals surface area (Å²) < 4.78 is 5.20. The number of nitrogens with zero attached hydrogens (tertiary/aromatic N) is 1. The molecule has 0 saturated carbocycles. The van der Waals surface area contributed by atoms with Crippen molar-refractivity contribution in [2.75, 3.05) is 17.7 Å². The Balaban J connectivity index is 1.78. The molecule has 2 N–H and O–H groups in total. The molecule has 0 fully saturated rings. The van der Waals surface area contributed by atoms with Gasteiger partial charge in [0.2, 0.25) is 0 Å². The second kappa shape index (κ2) is 6.41. The highest BCUT2D eigenvalue weighted by atomic mass is 32.1. The molecule has 0 atom stereocenters. The molecule has 5 heteroatoms. The minimum Gasteiger partial charge on any atom is -0.497 e. The lowest BCUT2D eigenvalue weighted by Crippen LogP contribution is -2.19. The standard InChI is InChI=1S/C17H15N3OS/c1-21-14-6-3-5-13(10-14)19-17(22)20-16-7-2-4-12-11-18-9-8-15(12)16/h2-11H,1H3,(H2,19,20,22). The van der Waals surface area contributed by atoms with Crippen molar-refractivity contribution < 1.29 is 4.74 Å². The van der Waals surface area contributed by atoms with E-state index in [1.54, 1.807) is 13.3 Å². The van der Waals surface area contributed by atoms with E-state index in [4.69, 9.17) is 17.0 Å². The molecular formula is C17H15N3OS. The molecule has 2 aromatic carbocycles. The van der Waals surface area contributed by atoms with Crippen LogP contribution in [0.4, 0.5) is 11.4 Å². The van der Waals surface area contributed by atoms with Crippen molar-refractivity contribution in [3.63, 3.8) is 0 Å². The molecule has 0 bridgehead atoms. The van der Waals surface area contributed by atoms with E-state index in [1.165, 1.54) is 0 Å². The van der Waals surface area contributed by atoms with Gasteiger partial charge in [0.25, 0.3) is 0 Å². The summed E-state index contributed by atoms with van der Waals surface area (Å²) in [6.07, 6.45) is 3.60. The molecule has 0 saturated heterocycles. The minimum absolute atomic E-state index is 0.526. The largest absolute Gasteiger partial charge is 0.497 e.